The number of aryl methyl sites for hydroxylation is 2. The summed E-state index contributed by atoms with van der Waals surface area (Å²) < 4.78 is 80.2. The second-order valence-corrected chi connectivity index (χ2v) is 13.3. The van der Waals surface area contributed by atoms with Crippen LogP contribution in [0.1, 0.15) is 51.9 Å². The first-order valence-electron chi connectivity index (χ1n) is 14.7. The first-order valence-corrected chi connectivity index (χ1v) is 16.3. The van der Waals surface area contributed by atoms with Gasteiger partial charge in [0, 0.05) is 30.8 Å². The van der Waals surface area contributed by atoms with E-state index in [1.54, 1.807) is 30.4 Å². The van der Waals surface area contributed by atoms with Crippen molar-refractivity contribution in [1.29, 1.82) is 0 Å². The van der Waals surface area contributed by atoms with E-state index in [2.05, 4.69) is 15.6 Å². The maximum Gasteiger partial charge on any atom is 0.416 e. The number of halogens is 3. The van der Waals surface area contributed by atoms with Crippen molar-refractivity contribution in [3.05, 3.63) is 76.4 Å². The molecule has 0 atom stereocenters. The van der Waals surface area contributed by atoms with Gasteiger partial charge in [-0.05, 0) is 74.1 Å². The highest BCUT2D eigenvalue weighted by Gasteiger charge is 2.47. The van der Waals surface area contributed by atoms with Crippen LogP contribution in [0.2, 0.25) is 0 Å². The van der Waals surface area contributed by atoms with Gasteiger partial charge in [-0.2, -0.15) is 13.2 Å². The lowest BCUT2D eigenvalue weighted by atomic mass is 9.89. The van der Waals surface area contributed by atoms with E-state index in [-0.39, 0.29) is 87.5 Å². The number of benzene rings is 2. The number of fused-ring (bicyclic) bond motifs is 2. The minimum Gasteiger partial charge on any atom is -0.493 e. The van der Waals surface area contributed by atoms with Crippen LogP contribution >= 0.6 is 0 Å². The van der Waals surface area contributed by atoms with Crippen molar-refractivity contribution in [1.82, 2.24) is 14.9 Å². The molecular weight excluding hydrogens is 613 g/mol. The molecule has 7 rings (SSSR count). The zero-order chi connectivity index (χ0) is 32.2. The minimum absolute atomic E-state index is 0.00597. The molecule has 5 heterocycles. The fourth-order valence-electron chi connectivity index (χ4n) is 5.52. The minimum atomic E-state index is -4.66. The number of nitrogens with zero attached hydrogens (tertiary/aromatic N) is 2. The van der Waals surface area contributed by atoms with Gasteiger partial charge in [0.05, 0.1) is 31.1 Å². The molecule has 0 unspecified atom stereocenters. The molecule has 5 aliphatic heterocycles. The smallest absolute Gasteiger partial charge is 0.416 e. The summed E-state index contributed by atoms with van der Waals surface area (Å²) in [6, 6.07) is 8.34. The number of amidine groups is 1. The van der Waals surface area contributed by atoms with E-state index < -0.39 is 33.2 Å². The highest BCUT2D eigenvalue weighted by atomic mass is 32.2. The molecule has 14 heteroatoms. The molecule has 2 aromatic rings. The Bertz CT molecular complexity index is 1620. The van der Waals surface area contributed by atoms with Gasteiger partial charge in [0.15, 0.2) is 0 Å². The Morgan fingerprint density at radius 2 is 1.78 bits per heavy atom. The Kier molecular flexibility index (Phi) is 9.65. The fourth-order valence-corrected chi connectivity index (χ4v) is 6.99. The van der Waals surface area contributed by atoms with Crippen LogP contribution in [-0.2, 0) is 32.2 Å². The second-order valence-electron chi connectivity index (χ2n) is 11.2. The first-order chi connectivity index (χ1) is 21.4. The normalized spacial score (nSPS) is 25.4. The molecule has 242 valence electrons. The van der Waals surface area contributed by atoms with Crippen LogP contribution in [-0.4, -0.2) is 81.1 Å². The van der Waals surface area contributed by atoms with E-state index in [1.807, 2.05) is 6.92 Å². The largest absolute Gasteiger partial charge is 0.493 e. The molecule has 2 N–H and O–H groups in total. The van der Waals surface area contributed by atoms with E-state index in [0.717, 1.165) is 23.3 Å². The summed E-state index contributed by atoms with van der Waals surface area (Å²) >= 11 is 0. The number of nitrogens with one attached hydrogen (secondary N) is 2. The fraction of sp³-hybridized carbons (Fsp3) is 0.452. The average Bonchev–Trinajstić information content (AvgIpc) is 3.31. The summed E-state index contributed by atoms with van der Waals surface area (Å²) in [6.45, 7) is 2.83. The van der Waals surface area contributed by atoms with Gasteiger partial charge in [0.25, 0.3) is 11.8 Å². The lowest BCUT2D eigenvalue weighted by Crippen LogP contribution is -2.50. The number of hydrogen-bond acceptors (Lipinski definition) is 7. The first kappa shape index (κ1) is 32.6. The van der Waals surface area contributed by atoms with E-state index in [0.29, 0.717) is 12.0 Å². The molecule has 1 spiro atoms. The van der Waals surface area contributed by atoms with Crippen molar-refractivity contribution in [2.45, 2.75) is 44.3 Å². The number of hydrogen-bond donors (Lipinski definition) is 2. The third-order valence-corrected chi connectivity index (χ3v) is 10.0. The zero-order valence-electron chi connectivity index (χ0n) is 24.8. The van der Waals surface area contributed by atoms with Gasteiger partial charge >= 0.3 is 6.18 Å². The van der Waals surface area contributed by atoms with Crippen molar-refractivity contribution in [2.24, 2.45) is 4.99 Å². The SMILES string of the molecule is Cc1cc2ccc1CCS(=O)(=O)N1CCC3(CC1)N=C(NC3=O)c1cc(cc(C(F)(F)F)c1)OCC/C=C/COCCNC2=O. The van der Waals surface area contributed by atoms with E-state index in [9.17, 15) is 31.2 Å². The van der Waals surface area contributed by atoms with Gasteiger partial charge in [-0.25, -0.2) is 12.7 Å². The molecule has 1 fully saturated rings. The molecule has 0 aliphatic carbocycles. The number of rotatable bonds is 0. The van der Waals surface area contributed by atoms with Gasteiger partial charge < -0.3 is 20.1 Å². The summed E-state index contributed by atoms with van der Waals surface area (Å²) in [5.41, 5.74) is -0.126. The quantitative estimate of drug-likeness (QED) is 0.422. The Hall–Kier alpha value is -3.75. The van der Waals surface area contributed by atoms with Crippen molar-refractivity contribution in [2.75, 3.05) is 45.2 Å². The highest BCUT2D eigenvalue weighted by Crippen LogP contribution is 2.36. The van der Waals surface area contributed by atoms with Gasteiger partial charge in [-0.15, -0.1) is 0 Å². The lowest BCUT2D eigenvalue weighted by Gasteiger charge is -2.34. The van der Waals surface area contributed by atoms with Crippen molar-refractivity contribution < 1.29 is 40.7 Å². The van der Waals surface area contributed by atoms with Crippen LogP contribution in [0.4, 0.5) is 13.2 Å². The van der Waals surface area contributed by atoms with Gasteiger partial charge in [0.2, 0.25) is 10.0 Å². The van der Waals surface area contributed by atoms with Crippen LogP contribution in [0.25, 0.3) is 0 Å². The Labute approximate surface area is 259 Å². The molecule has 5 aliphatic rings. The molecule has 0 aromatic heterocycles. The molecule has 0 radical (unpaired) electrons. The van der Waals surface area contributed by atoms with Crippen LogP contribution in [0.5, 0.6) is 5.75 Å². The van der Waals surface area contributed by atoms with Gasteiger partial charge in [0.1, 0.15) is 17.1 Å². The molecule has 45 heavy (non-hydrogen) atoms. The molecule has 0 saturated carbocycles. The highest BCUT2D eigenvalue weighted by molar-refractivity contribution is 7.89. The van der Waals surface area contributed by atoms with Gasteiger partial charge in [-0.1, -0.05) is 18.2 Å². The lowest BCUT2D eigenvalue weighted by molar-refractivity contribution is -0.137. The Morgan fingerprint density at radius 1 is 1.00 bits per heavy atom. The topological polar surface area (TPSA) is 126 Å². The number of piperidine rings is 1. The maximum absolute atomic E-state index is 13.8. The zero-order valence-corrected chi connectivity index (χ0v) is 25.6. The maximum atomic E-state index is 13.8. The van der Waals surface area contributed by atoms with E-state index in [1.165, 1.54) is 10.4 Å². The number of sulfonamides is 1. The Balaban J connectivity index is 1.39. The predicted octanol–water partition coefficient (Wildman–Crippen LogP) is 3.38. The van der Waals surface area contributed by atoms with Crippen LogP contribution in [0, 0.1) is 6.92 Å². The number of carbonyl (C=O) groups excluding carboxylic acids is 2. The van der Waals surface area contributed by atoms with Crippen LogP contribution in [0.15, 0.2) is 53.5 Å². The van der Waals surface area contributed by atoms with Gasteiger partial charge in [-0.3, -0.25) is 14.6 Å². The molecule has 7 bridgehead atoms. The van der Waals surface area contributed by atoms with Crippen LogP contribution < -0.4 is 15.4 Å². The van der Waals surface area contributed by atoms with Crippen molar-refractivity contribution in [3.8, 4) is 5.75 Å². The summed E-state index contributed by atoms with van der Waals surface area (Å²) in [5.74, 6) is -0.942. The van der Waals surface area contributed by atoms with Crippen molar-refractivity contribution in [3.63, 3.8) is 0 Å². The van der Waals surface area contributed by atoms with E-state index in [4.69, 9.17) is 9.47 Å². The standard InChI is InChI=1S/C31H35F3N4O6S/c1-21-17-23-6-5-22(21)7-16-45(41,42)38-11-8-30(9-12-38)29(40)36-27(37-30)24-18-25(31(32,33)34)20-26(19-24)44-14-4-2-3-13-43-15-10-35-28(23)39/h2-3,5-6,17-20H,4,7-16H2,1H3,(H,35,39)(H,36,37,40)/b3-2+. The van der Waals surface area contributed by atoms with Crippen molar-refractivity contribution >= 4 is 27.7 Å². The molecular formula is C31H35F3N4O6S. The molecule has 2 amide bonds. The summed E-state index contributed by atoms with van der Waals surface area (Å²) in [5, 5.41) is 5.41. The summed E-state index contributed by atoms with van der Waals surface area (Å²) in [7, 11) is -3.69. The molecule has 10 nitrogen and oxygen atoms in total. The molecule has 2 aromatic carbocycles. The number of aliphatic imine (C=N–C) groups is 1. The third-order valence-electron chi connectivity index (χ3n) is 8.13. The molecule has 1 saturated heterocycles. The van der Waals surface area contributed by atoms with E-state index >= 15 is 0 Å². The summed E-state index contributed by atoms with van der Waals surface area (Å²) in [4.78, 5) is 30.2. The summed E-state index contributed by atoms with van der Waals surface area (Å²) in [6.07, 6.45) is -0.313. The number of alkyl halides is 3. The number of amides is 2. The number of ether oxygens (including phenoxy) is 2. The third kappa shape index (κ3) is 7.74. The number of carbonyl (C=O) groups is 2. The predicted molar refractivity (Wildman–Crippen MR) is 161 cm³/mol. The Morgan fingerprint density at radius 3 is 2.51 bits per heavy atom. The monoisotopic (exact) mass is 648 g/mol. The average molecular weight is 649 g/mol. The second kappa shape index (κ2) is 13.3. The van der Waals surface area contributed by atoms with Crippen LogP contribution in [0.3, 0.4) is 0 Å².